The van der Waals surface area contributed by atoms with E-state index in [0.29, 0.717) is 17.1 Å². The molecule has 3 nitrogen and oxygen atoms in total. The maximum atomic E-state index is 14.1. The van der Waals surface area contributed by atoms with Crippen molar-refractivity contribution in [3.8, 4) is 11.3 Å². The van der Waals surface area contributed by atoms with E-state index in [2.05, 4.69) is 25.8 Å². The highest BCUT2D eigenvalue weighted by Crippen LogP contribution is 2.31. The highest BCUT2D eigenvalue weighted by Gasteiger charge is 2.20. The van der Waals surface area contributed by atoms with Crippen molar-refractivity contribution in [2.24, 2.45) is 0 Å². The second kappa shape index (κ2) is 5.65. The van der Waals surface area contributed by atoms with Crippen molar-refractivity contribution in [2.75, 3.05) is 5.73 Å². The van der Waals surface area contributed by atoms with Crippen LogP contribution in [0.5, 0.6) is 0 Å². The Kier molecular flexibility index (Phi) is 4.12. The van der Waals surface area contributed by atoms with Crippen LogP contribution in [0, 0.1) is 12.7 Å². The zero-order chi connectivity index (χ0) is 14.9. The topological polar surface area (TPSA) is 43.8 Å². The summed E-state index contributed by atoms with van der Waals surface area (Å²) in [6, 6.07) is 5.02. The lowest BCUT2D eigenvalue weighted by molar-refractivity contribution is 0.616. The van der Waals surface area contributed by atoms with Crippen molar-refractivity contribution in [3.05, 3.63) is 35.4 Å². The zero-order valence-corrected chi connectivity index (χ0v) is 12.6. The molecule has 0 radical (unpaired) electrons. The van der Waals surface area contributed by atoms with Crippen LogP contribution in [-0.2, 0) is 6.54 Å². The number of aryl methyl sites for hydroxylation is 1. The molecule has 4 heteroatoms. The fourth-order valence-corrected chi connectivity index (χ4v) is 2.40. The van der Waals surface area contributed by atoms with Crippen LogP contribution in [0.4, 0.5) is 10.2 Å². The third-order valence-corrected chi connectivity index (χ3v) is 3.38. The molecule has 2 aromatic rings. The molecule has 0 unspecified atom stereocenters. The van der Waals surface area contributed by atoms with E-state index >= 15 is 0 Å². The fourth-order valence-electron chi connectivity index (χ4n) is 2.40. The predicted molar refractivity (Wildman–Crippen MR) is 81.2 cm³/mol. The van der Waals surface area contributed by atoms with Crippen molar-refractivity contribution < 1.29 is 4.39 Å². The minimum atomic E-state index is -0.279. The summed E-state index contributed by atoms with van der Waals surface area (Å²) in [5.41, 5.74) is 8.25. The standard InChI is InChI=1S/C16H22FN3/c1-5-8-20-15(18)14(19-16(20)10(2)3)12-9-11(4)6-7-13(12)17/h6-7,9-10H,5,8,18H2,1-4H3. The summed E-state index contributed by atoms with van der Waals surface area (Å²) in [5.74, 6) is 1.45. The van der Waals surface area contributed by atoms with Crippen molar-refractivity contribution in [1.29, 1.82) is 0 Å². The Hall–Kier alpha value is -1.84. The molecular weight excluding hydrogens is 253 g/mol. The van der Waals surface area contributed by atoms with Gasteiger partial charge in [-0.1, -0.05) is 32.4 Å². The Morgan fingerprint density at radius 2 is 2.05 bits per heavy atom. The molecule has 1 heterocycles. The molecule has 0 atom stereocenters. The summed E-state index contributed by atoms with van der Waals surface area (Å²) in [6.07, 6.45) is 0.968. The molecular formula is C16H22FN3. The van der Waals surface area contributed by atoms with Crippen molar-refractivity contribution in [3.63, 3.8) is 0 Å². The number of hydrogen-bond acceptors (Lipinski definition) is 2. The number of hydrogen-bond donors (Lipinski definition) is 1. The second-order valence-electron chi connectivity index (χ2n) is 5.49. The molecule has 0 fully saturated rings. The van der Waals surface area contributed by atoms with Gasteiger partial charge in [-0.15, -0.1) is 0 Å². The Morgan fingerprint density at radius 3 is 2.65 bits per heavy atom. The minimum Gasteiger partial charge on any atom is -0.383 e. The summed E-state index contributed by atoms with van der Waals surface area (Å²) in [7, 11) is 0. The Morgan fingerprint density at radius 1 is 1.35 bits per heavy atom. The van der Waals surface area contributed by atoms with Crippen LogP contribution in [0.2, 0.25) is 0 Å². The smallest absolute Gasteiger partial charge is 0.132 e. The number of nitrogens with zero attached hydrogens (tertiary/aromatic N) is 2. The van der Waals surface area contributed by atoms with Crippen LogP contribution in [0.25, 0.3) is 11.3 Å². The summed E-state index contributed by atoms with van der Waals surface area (Å²) < 4.78 is 16.1. The van der Waals surface area contributed by atoms with Gasteiger partial charge < -0.3 is 10.3 Å². The van der Waals surface area contributed by atoms with Gasteiger partial charge in [-0.3, -0.25) is 0 Å². The lowest BCUT2D eigenvalue weighted by atomic mass is 10.1. The van der Waals surface area contributed by atoms with Crippen LogP contribution < -0.4 is 5.73 Å². The number of rotatable bonds is 4. The summed E-state index contributed by atoms with van der Waals surface area (Å²) in [4.78, 5) is 4.60. The molecule has 0 aliphatic rings. The van der Waals surface area contributed by atoms with E-state index in [4.69, 9.17) is 5.73 Å². The second-order valence-corrected chi connectivity index (χ2v) is 5.49. The molecule has 1 aromatic heterocycles. The third kappa shape index (κ3) is 2.55. The molecule has 0 aliphatic carbocycles. The Bertz CT molecular complexity index is 614. The summed E-state index contributed by atoms with van der Waals surface area (Å²) >= 11 is 0. The van der Waals surface area contributed by atoms with Gasteiger partial charge in [0.05, 0.1) is 0 Å². The quantitative estimate of drug-likeness (QED) is 0.912. The van der Waals surface area contributed by atoms with Gasteiger partial charge >= 0.3 is 0 Å². The number of nitrogen functional groups attached to an aromatic ring is 1. The maximum absolute atomic E-state index is 14.1. The van der Waals surface area contributed by atoms with E-state index in [-0.39, 0.29) is 11.7 Å². The number of anilines is 1. The molecule has 0 spiro atoms. The van der Waals surface area contributed by atoms with E-state index in [9.17, 15) is 4.39 Å². The van der Waals surface area contributed by atoms with Crippen LogP contribution in [0.3, 0.4) is 0 Å². The first kappa shape index (κ1) is 14.6. The third-order valence-electron chi connectivity index (χ3n) is 3.38. The lowest BCUT2D eigenvalue weighted by Gasteiger charge is -2.10. The van der Waals surface area contributed by atoms with Gasteiger partial charge in [0.25, 0.3) is 0 Å². The number of imidazole rings is 1. The van der Waals surface area contributed by atoms with Crippen LogP contribution in [0.15, 0.2) is 18.2 Å². The molecule has 1 aromatic carbocycles. The SMILES string of the molecule is CCCn1c(C(C)C)nc(-c2cc(C)ccc2F)c1N. The monoisotopic (exact) mass is 275 g/mol. The highest BCUT2D eigenvalue weighted by atomic mass is 19.1. The van der Waals surface area contributed by atoms with Gasteiger partial charge in [0.15, 0.2) is 0 Å². The molecule has 2 N–H and O–H groups in total. The van der Waals surface area contributed by atoms with E-state index in [1.54, 1.807) is 12.1 Å². The average Bonchev–Trinajstić information content (AvgIpc) is 2.71. The van der Waals surface area contributed by atoms with Crippen molar-refractivity contribution in [1.82, 2.24) is 9.55 Å². The fraction of sp³-hybridized carbons (Fsp3) is 0.438. The largest absolute Gasteiger partial charge is 0.383 e. The van der Waals surface area contributed by atoms with Crippen LogP contribution >= 0.6 is 0 Å². The molecule has 0 aliphatic heterocycles. The zero-order valence-electron chi connectivity index (χ0n) is 12.6. The number of nitrogens with two attached hydrogens (primary N) is 1. The molecule has 108 valence electrons. The molecule has 0 bridgehead atoms. The van der Waals surface area contributed by atoms with Crippen molar-refractivity contribution in [2.45, 2.75) is 46.6 Å². The van der Waals surface area contributed by atoms with E-state index in [1.165, 1.54) is 6.07 Å². The van der Waals surface area contributed by atoms with Gasteiger partial charge in [-0.25, -0.2) is 9.37 Å². The Balaban J connectivity index is 2.63. The number of aromatic nitrogens is 2. The van der Waals surface area contributed by atoms with E-state index < -0.39 is 0 Å². The molecule has 20 heavy (non-hydrogen) atoms. The van der Waals surface area contributed by atoms with Gasteiger partial charge in [0, 0.05) is 18.0 Å². The predicted octanol–water partition coefficient (Wildman–Crippen LogP) is 4.11. The summed E-state index contributed by atoms with van der Waals surface area (Å²) in [6.45, 7) is 8.98. The highest BCUT2D eigenvalue weighted by molar-refractivity contribution is 5.72. The van der Waals surface area contributed by atoms with Gasteiger partial charge in [0.1, 0.15) is 23.2 Å². The maximum Gasteiger partial charge on any atom is 0.132 e. The van der Waals surface area contributed by atoms with Gasteiger partial charge in [-0.2, -0.15) is 0 Å². The minimum absolute atomic E-state index is 0.255. The van der Waals surface area contributed by atoms with E-state index in [1.807, 2.05) is 11.5 Å². The van der Waals surface area contributed by atoms with Crippen LogP contribution in [-0.4, -0.2) is 9.55 Å². The van der Waals surface area contributed by atoms with Crippen LogP contribution in [0.1, 0.15) is 44.5 Å². The first-order chi connectivity index (χ1) is 9.45. The average molecular weight is 275 g/mol. The normalized spacial score (nSPS) is 11.3. The van der Waals surface area contributed by atoms with Crippen molar-refractivity contribution >= 4 is 5.82 Å². The molecule has 0 saturated heterocycles. The number of halogens is 1. The number of benzene rings is 1. The van der Waals surface area contributed by atoms with Gasteiger partial charge in [-0.05, 0) is 25.5 Å². The van der Waals surface area contributed by atoms with Gasteiger partial charge in [0.2, 0.25) is 0 Å². The molecule has 2 rings (SSSR count). The Labute approximate surface area is 119 Å². The van der Waals surface area contributed by atoms with E-state index in [0.717, 1.165) is 24.4 Å². The lowest BCUT2D eigenvalue weighted by Crippen LogP contribution is -2.08. The summed E-state index contributed by atoms with van der Waals surface area (Å²) in [5, 5.41) is 0. The first-order valence-electron chi connectivity index (χ1n) is 7.08. The molecule has 0 amide bonds. The molecule has 0 saturated carbocycles. The first-order valence-corrected chi connectivity index (χ1v) is 7.08.